The van der Waals surface area contributed by atoms with Gasteiger partial charge in [0.15, 0.2) is 0 Å². The van der Waals surface area contributed by atoms with E-state index in [1.165, 1.54) is 0 Å². The van der Waals surface area contributed by atoms with Gasteiger partial charge in [-0.1, -0.05) is 27.7 Å². The van der Waals surface area contributed by atoms with Gasteiger partial charge in [-0.15, -0.1) is 0 Å². The molecule has 0 unspecified atom stereocenters. The molecule has 150 valence electrons. The van der Waals surface area contributed by atoms with Gasteiger partial charge in [-0.05, 0) is 75.0 Å². The van der Waals surface area contributed by atoms with Gasteiger partial charge in [0.05, 0.1) is 0 Å². The molecule has 0 spiro atoms. The van der Waals surface area contributed by atoms with Crippen LogP contribution >= 0.6 is 0 Å². The van der Waals surface area contributed by atoms with E-state index in [0.717, 1.165) is 51.4 Å². The number of ether oxygens (including phenoxy) is 2. The molecule has 6 nitrogen and oxygen atoms in total. The van der Waals surface area contributed by atoms with Gasteiger partial charge in [-0.3, -0.25) is 0 Å². The van der Waals surface area contributed by atoms with E-state index >= 15 is 0 Å². The molecular formula is C20H34O6. The van der Waals surface area contributed by atoms with Crippen LogP contribution in [0.3, 0.4) is 0 Å². The lowest BCUT2D eigenvalue weighted by Crippen LogP contribution is -2.28. The summed E-state index contributed by atoms with van der Waals surface area (Å²) in [6.45, 7) is 8.87. The summed E-state index contributed by atoms with van der Waals surface area (Å²) in [4.78, 5) is 32.2. The number of carbonyl (C=O) groups is 2. The lowest BCUT2D eigenvalue weighted by molar-refractivity contribution is -0.226. The number of hydrogen-bond donors (Lipinski definition) is 0. The van der Waals surface area contributed by atoms with E-state index in [-0.39, 0.29) is 12.2 Å². The summed E-state index contributed by atoms with van der Waals surface area (Å²) in [5, 5.41) is 0. The van der Waals surface area contributed by atoms with Gasteiger partial charge >= 0.3 is 12.3 Å². The molecule has 0 aliphatic heterocycles. The predicted octanol–water partition coefficient (Wildman–Crippen LogP) is 5.64. The first-order valence-electron chi connectivity index (χ1n) is 10.1. The molecule has 0 radical (unpaired) electrons. The largest absolute Gasteiger partial charge is 0.550 e. The molecule has 0 saturated heterocycles. The second-order valence-electron chi connectivity index (χ2n) is 8.46. The Morgan fingerprint density at radius 1 is 0.615 bits per heavy atom. The lowest BCUT2D eigenvalue weighted by atomic mass is 9.80. The van der Waals surface area contributed by atoms with Crippen LogP contribution < -0.4 is 0 Å². The highest BCUT2D eigenvalue weighted by atomic mass is 17.3. The van der Waals surface area contributed by atoms with Gasteiger partial charge in [0.1, 0.15) is 12.2 Å². The molecule has 0 atom stereocenters. The first-order valence-corrected chi connectivity index (χ1v) is 10.1. The molecule has 0 bridgehead atoms. The first-order chi connectivity index (χ1) is 12.3. The van der Waals surface area contributed by atoms with Crippen LogP contribution in [0.4, 0.5) is 9.59 Å². The third kappa shape index (κ3) is 6.69. The molecule has 0 aromatic carbocycles. The van der Waals surface area contributed by atoms with Crippen LogP contribution in [0.15, 0.2) is 0 Å². The van der Waals surface area contributed by atoms with E-state index in [1.54, 1.807) is 0 Å². The van der Waals surface area contributed by atoms with Crippen LogP contribution in [0.5, 0.6) is 0 Å². The quantitative estimate of drug-likeness (QED) is 0.362. The SMILES string of the molecule is CC(C)C1CCC(OC(=O)OOC(=O)OC2CCC(C(C)C)CC2)CC1. The Balaban J connectivity index is 1.58. The number of hydrogen-bond acceptors (Lipinski definition) is 6. The van der Waals surface area contributed by atoms with Crippen LogP contribution in [0, 0.1) is 23.7 Å². The molecule has 0 N–H and O–H groups in total. The minimum atomic E-state index is -0.974. The summed E-state index contributed by atoms with van der Waals surface area (Å²) in [6.07, 6.45) is 5.17. The van der Waals surface area contributed by atoms with Crippen molar-refractivity contribution in [2.24, 2.45) is 23.7 Å². The zero-order valence-electron chi connectivity index (χ0n) is 16.6. The molecule has 2 aliphatic carbocycles. The van der Waals surface area contributed by atoms with Crippen molar-refractivity contribution in [2.45, 2.75) is 91.3 Å². The van der Waals surface area contributed by atoms with Crippen LogP contribution in [-0.2, 0) is 19.2 Å². The highest BCUT2D eigenvalue weighted by Crippen LogP contribution is 2.32. The van der Waals surface area contributed by atoms with E-state index in [0.29, 0.717) is 23.7 Å². The first kappa shape index (κ1) is 20.8. The van der Waals surface area contributed by atoms with Crippen molar-refractivity contribution in [1.29, 1.82) is 0 Å². The third-order valence-corrected chi connectivity index (χ3v) is 6.03. The summed E-state index contributed by atoms with van der Waals surface area (Å²) in [6, 6.07) is 0. The van der Waals surface area contributed by atoms with Gasteiger partial charge < -0.3 is 9.47 Å². The van der Waals surface area contributed by atoms with Crippen LogP contribution in [0.1, 0.15) is 79.1 Å². The van der Waals surface area contributed by atoms with Crippen molar-refractivity contribution in [3.05, 3.63) is 0 Å². The van der Waals surface area contributed by atoms with E-state index < -0.39 is 12.3 Å². The molecule has 6 heteroatoms. The molecule has 2 fully saturated rings. The standard InChI is InChI=1S/C20H34O6/c1-13(2)15-5-9-17(10-6-15)23-19(21)25-26-20(22)24-18-11-7-16(8-12-18)14(3)4/h13-18H,5-12H2,1-4H3. The highest BCUT2D eigenvalue weighted by molar-refractivity contribution is 5.63. The van der Waals surface area contributed by atoms with Crippen LogP contribution in [0.2, 0.25) is 0 Å². The minimum Gasteiger partial charge on any atom is -0.428 e. The average Bonchev–Trinajstić information content (AvgIpc) is 2.61. The van der Waals surface area contributed by atoms with Gasteiger partial charge in [-0.2, -0.15) is 19.4 Å². The maximum absolute atomic E-state index is 11.7. The van der Waals surface area contributed by atoms with Crippen molar-refractivity contribution >= 4 is 12.3 Å². The molecule has 0 aromatic heterocycles. The van der Waals surface area contributed by atoms with E-state index in [9.17, 15) is 9.59 Å². The topological polar surface area (TPSA) is 71.1 Å². The normalized spacial score (nSPS) is 29.3. The fraction of sp³-hybridized carbons (Fsp3) is 0.900. The maximum Gasteiger partial charge on any atom is 0.550 e. The summed E-state index contributed by atoms with van der Waals surface area (Å²) in [5.41, 5.74) is 0. The third-order valence-electron chi connectivity index (χ3n) is 6.03. The fourth-order valence-electron chi connectivity index (χ4n) is 4.13. The zero-order chi connectivity index (χ0) is 19.1. The monoisotopic (exact) mass is 370 g/mol. The maximum atomic E-state index is 11.7. The Morgan fingerprint density at radius 2 is 0.923 bits per heavy atom. The molecular weight excluding hydrogens is 336 g/mol. The molecule has 0 amide bonds. The Bertz CT molecular complexity index is 403. The summed E-state index contributed by atoms with van der Waals surface area (Å²) in [5.74, 6) is 2.67. The molecule has 2 aliphatic rings. The van der Waals surface area contributed by atoms with E-state index in [1.807, 2.05) is 0 Å². The van der Waals surface area contributed by atoms with Gasteiger partial charge in [0.25, 0.3) is 0 Å². The predicted molar refractivity (Wildman–Crippen MR) is 96.3 cm³/mol. The second-order valence-corrected chi connectivity index (χ2v) is 8.46. The minimum absolute atomic E-state index is 0.163. The van der Waals surface area contributed by atoms with Crippen LogP contribution in [0.25, 0.3) is 0 Å². The number of rotatable bonds is 4. The molecule has 2 rings (SSSR count). The zero-order valence-corrected chi connectivity index (χ0v) is 16.6. The van der Waals surface area contributed by atoms with Crippen molar-refractivity contribution in [2.75, 3.05) is 0 Å². The molecule has 26 heavy (non-hydrogen) atoms. The van der Waals surface area contributed by atoms with E-state index in [2.05, 4.69) is 37.5 Å². The molecule has 0 heterocycles. The Labute approximate surface area is 156 Å². The fourth-order valence-corrected chi connectivity index (χ4v) is 4.13. The van der Waals surface area contributed by atoms with Crippen LogP contribution in [-0.4, -0.2) is 24.5 Å². The Hall–Kier alpha value is -1.46. The van der Waals surface area contributed by atoms with Crippen molar-refractivity contribution < 1.29 is 28.8 Å². The second kappa shape index (κ2) is 10.0. The Morgan fingerprint density at radius 3 is 1.19 bits per heavy atom. The summed E-state index contributed by atoms with van der Waals surface area (Å²) in [7, 11) is 0. The van der Waals surface area contributed by atoms with Gasteiger partial charge in [-0.25, -0.2) is 0 Å². The molecule has 0 aromatic rings. The lowest BCUT2D eigenvalue weighted by Gasteiger charge is -2.30. The van der Waals surface area contributed by atoms with Crippen molar-refractivity contribution in [1.82, 2.24) is 0 Å². The summed E-state index contributed by atoms with van der Waals surface area (Å²) < 4.78 is 10.4. The van der Waals surface area contributed by atoms with E-state index in [4.69, 9.17) is 9.47 Å². The van der Waals surface area contributed by atoms with Gasteiger partial charge in [0.2, 0.25) is 0 Å². The van der Waals surface area contributed by atoms with Crippen molar-refractivity contribution in [3.63, 3.8) is 0 Å². The summed E-state index contributed by atoms with van der Waals surface area (Å²) >= 11 is 0. The smallest absolute Gasteiger partial charge is 0.428 e. The number of carbonyl (C=O) groups excluding carboxylic acids is 2. The Kier molecular flexibility index (Phi) is 8.04. The molecule has 2 saturated carbocycles. The van der Waals surface area contributed by atoms with Gasteiger partial charge in [0, 0.05) is 0 Å². The highest BCUT2D eigenvalue weighted by Gasteiger charge is 2.28. The van der Waals surface area contributed by atoms with Crippen molar-refractivity contribution in [3.8, 4) is 0 Å². The average molecular weight is 370 g/mol.